The number of benzene rings is 1. The highest BCUT2D eigenvalue weighted by Gasteiger charge is 2.46. The number of nitro benzene ring substituents is 1. The summed E-state index contributed by atoms with van der Waals surface area (Å²) in [6.45, 7) is -0.0947. The molecule has 10 nitrogen and oxygen atoms in total. The molecule has 11 heteroatoms. The predicted molar refractivity (Wildman–Crippen MR) is 86.5 cm³/mol. The summed E-state index contributed by atoms with van der Waals surface area (Å²) in [5.41, 5.74) is -0.561. The average molecular weight is 384 g/mol. The minimum atomic E-state index is -3.81. The van der Waals surface area contributed by atoms with E-state index in [1.54, 1.807) is 0 Å². The van der Waals surface area contributed by atoms with Crippen LogP contribution in [0.3, 0.4) is 0 Å². The maximum atomic E-state index is 12.7. The van der Waals surface area contributed by atoms with Crippen molar-refractivity contribution >= 4 is 27.6 Å². The number of rotatable bonds is 5. The monoisotopic (exact) mass is 384 g/mol. The number of sulfone groups is 1. The molecule has 1 aliphatic heterocycles. The lowest BCUT2D eigenvalue weighted by Crippen LogP contribution is -2.33. The van der Waals surface area contributed by atoms with Gasteiger partial charge in [0.1, 0.15) is 0 Å². The third-order valence-electron chi connectivity index (χ3n) is 4.75. The van der Waals surface area contributed by atoms with Crippen molar-refractivity contribution in [2.24, 2.45) is 5.92 Å². The Bertz CT molecular complexity index is 871. The summed E-state index contributed by atoms with van der Waals surface area (Å²) >= 11 is 0. The number of non-ortho nitro benzene ring substituents is 1. The SMILES string of the molecule is O=C(O)[C@@H]1CCN(C(=O)O)[C@H]1c1cc([N+](=O)[O-])ccc1S(=O)(=O)C1CC1. The fourth-order valence-electron chi connectivity index (χ4n) is 3.35. The van der Waals surface area contributed by atoms with Gasteiger partial charge in [-0.05, 0) is 25.3 Å². The lowest BCUT2D eigenvalue weighted by Gasteiger charge is -2.26. The van der Waals surface area contributed by atoms with E-state index in [-0.39, 0.29) is 23.4 Å². The van der Waals surface area contributed by atoms with Crippen LogP contribution < -0.4 is 0 Å². The zero-order valence-electron chi connectivity index (χ0n) is 13.4. The Kier molecular flexibility index (Phi) is 4.34. The van der Waals surface area contributed by atoms with E-state index in [1.807, 2.05) is 0 Å². The van der Waals surface area contributed by atoms with Crippen LogP contribution in [0.25, 0.3) is 0 Å². The third kappa shape index (κ3) is 2.98. The van der Waals surface area contributed by atoms with E-state index in [2.05, 4.69) is 0 Å². The molecule has 1 aromatic rings. The maximum absolute atomic E-state index is 12.7. The van der Waals surface area contributed by atoms with Gasteiger partial charge in [-0.1, -0.05) is 0 Å². The van der Waals surface area contributed by atoms with Crippen molar-refractivity contribution in [3.63, 3.8) is 0 Å². The van der Waals surface area contributed by atoms with Gasteiger partial charge in [0.05, 0.1) is 27.0 Å². The molecule has 3 rings (SSSR count). The fraction of sp³-hybridized carbons (Fsp3) is 0.467. The Balaban J connectivity index is 2.22. The van der Waals surface area contributed by atoms with Crippen LogP contribution in [-0.4, -0.2) is 52.3 Å². The molecule has 2 fully saturated rings. The van der Waals surface area contributed by atoms with Gasteiger partial charge in [-0.2, -0.15) is 0 Å². The molecule has 140 valence electrons. The second kappa shape index (κ2) is 6.24. The standard InChI is InChI=1S/C15H16N2O8S/c18-14(19)10-5-6-16(15(20)21)13(10)11-7-8(17(22)23)1-4-12(11)26(24,25)9-2-3-9/h1,4,7,9-10,13H,2-3,5-6H2,(H,18,19)(H,20,21)/t10-,13-/m1/s1. The van der Waals surface area contributed by atoms with E-state index in [1.165, 1.54) is 0 Å². The van der Waals surface area contributed by atoms with Crippen LogP contribution in [0.15, 0.2) is 23.1 Å². The first-order valence-corrected chi connectivity index (χ1v) is 9.44. The third-order valence-corrected chi connectivity index (χ3v) is 7.09. The molecule has 2 aliphatic rings. The maximum Gasteiger partial charge on any atom is 0.407 e. The van der Waals surface area contributed by atoms with Gasteiger partial charge in [0, 0.05) is 24.2 Å². The lowest BCUT2D eigenvalue weighted by molar-refractivity contribution is -0.385. The minimum Gasteiger partial charge on any atom is -0.481 e. The van der Waals surface area contributed by atoms with Crippen LogP contribution in [0.1, 0.15) is 30.9 Å². The summed E-state index contributed by atoms with van der Waals surface area (Å²) in [6, 6.07) is 1.80. The first-order valence-electron chi connectivity index (χ1n) is 7.89. The number of aliphatic carboxylic acids is 1. The number of carboxylic acids is 1. The van der Waals surface area contributed by atoms with Crippen molar-refractivity contribution in [2.75, 3.05) is 6.54 Å². The summed E-state index contributed by atoms with van der Waals surface area (Å²) in [4.78, 5) is 34.1. The zero-order valence-corrected chi connectivity index (χ0v) is 14.3. The molecule has 0 spiro atoms. The van der Waals surface area contributed by atoms with Crippen molar-refractivity contribution < 1.29 is 33.1 Å². The van der Waals surface area contributed by atoms with E-state index >= 15 is 0 Å². The number of carbonyl (C=O) groups is 2. The number of amides is 1. The Hall–Kier alpha value is -2.69. The lowest BCUT2D eigenvalue weighted by atomic mass is 9.93. The van der Waals surface area contributed by atoms with Crippen LogP contribution in [0, 0.1) is 16.0 Å². The van der Waals surface area contributed by atoms with Crippen LogP contribution in [0.4, 0.5) is 10.5 Å². The molecule has 1 aromatic carbocycles. The molecule has 0 aromatic heterocycles. The van der Waals surface area contributed by atoms with Crippen LogP contribution in [0.2, 0.25) is 0 Å². The van der Waals surface area contributed by atoms with Crippen molar-refractivity contribution in [3.8, 4) is 0 Å². The highest BCUT2D eigenvalue weighted by atomic mass is 32.2. The molecule has 1 aliphatic carbocycles. The summed E-state index contributed by atoms with van der Waals surface area (Å²) < 4.78 is 25.4. The number of hydrogen-bond acceptors (Lipinski definition) is 6. The zero-order chi connectivity index (χ0) is 19.2. The first-order chi connectivity index (χ1) is 12.1. The van der Waals surface area contributed by atoms with Crippen molar-refractivity contribution in [1.82, 2.24) is 4.90 Å². The largest absolute Gasteiger partial charge is 0.481 e. The predicted octanol–water partition coefficient (Wildman–Crippen LogP) is 1.66. The first kappa shape index (κ1) is 18.1. The van der Waals surface area contributed by atoms with Gasteiger partial charge in [0.25, 0.3) is 5.69 Å². The summed E-state index contributed by atoms with van der Waals surface area (Å²) in [5, 5.41) is 29.3. The van der Waals surface area contributed by atoms with Crippen LogP contribution >= 0.6 is 0 Å². The summed E-state index contributed by atoms with van der Waals surface area (Å²) in [5.74, 6) is -2.46. The van der Waals surface area contributed by atoms with Gasteiger partial charge < -0.3 is 15.1 Å². The van der Waals surface area contributed by atoms with Gasteiger partial charge in [-0.25, -0.2) is 13.2 Å². The highest BCUT2D eigenvalue weighted by molar-refractivity contribution is 7.92. The molecule has 1 saturated heterocycles. The van der Waals surface area contributed by atoms with Crippen molar-refractivity contribution in [2.45, 2.75) is 35.4 Å². The Morgan fingerprint density at radius 1 is 1.19 bits per heavy atom. The normalized spacial score (nSPS) is 23.0. The Morgan fingerprint density at radius 2 is 1.85 bits per heavy atom. The molecular weight excluding hydrogens is 368 g/mol. The summed E-state index contributed by atoms with van der Waals surface area (Å²) in [6.07, 6.45) is -0.499. The Morgan fingerprint density at radius 3 is 2.35 bits per heavy atom. The second-order valence-corrected chi connectivity index (χ2v) is 8.57. The molecule has 0 radical (unpaired) electrons. The van der Waals surface area contributed by atoms with Crippen molar-refractivity contribution in [1.29, 1.82) is 0 Å². The average Bonchev–Trinajstić information content (AvgIpc) is 3.32. The van der Waals surface area contributed by atoms with Gasteiger partial charge >= 0.3 is 12.1 Å². The van der Waals surface area contributed by atoms with E-state index in [9.17, 15) is 38.3 Å². The highest BCUT2D eigenvalue weighted by Crippen LogP contribution is 2.44. The second-order valence-electron chi connectivity index (χ2n) is 6.38. The van der Waals surface area contributed by atoms with Gasteiger partial charge in [-0.15, -0.1) is 0 Å². The van der Waals surface area contributed by atoms with E-state index < -0.39 is 49.7 Å². The topological polar surface area (TPSA) is 155 Å². The van der Waals surface area contributed by atoms with E-state index in [4.69, 9.17) is 0 Å². The Labute approximate surface area is 148 Å². The molecule has 0 unspecified atom stereocenters. The molecular formula is C15H16N2O8S. The quantitative estimate of drug-likeness (QED) is 0.573. The van der Waals surface area contributed by atoms with Gasteiger partial charge in [-0.3, -0.25) is 14.9 Å². The van der Waals surface area contributed by atoms with Gasteiger partial charge in [0.15, 0.2) is 9.84 Å². The van der Waals surface area contributed by atoms with Crippen LogP contribution in [0.5, 0.6) is 0 Å². The molecule has 2 N–H and O–H groups in total. The number of carboxylic acid groups (broad SMARTS) is 2. The number of likely N-dealkylation sites (tertiary alicyclic amines) is 1. The number of nitrogens with zero attached hydrogens (tertiary/aromatic N) is 2. The summed E-state index contributed by atoms with van der Waals surface area (Å²) in [7, 11) is -3.81. The molecule has 0 bridgehead atoms. The van der Waals surface area contributed by atoms with Crippen molar-refractivity contribution in [3.05, 3.63) is 33.9 Å². The van der Waals surface area contributed by atoms with E-state index in [0.717, 1.165) is 23.1 Å². The van der Waals surface area contributed by atoms with E-state index in [0.29, 0.717) is 12.8 Å². The number of nitro groups is 1. The smallest absolute Gasteiger partial charge is 0.407 e. The molecule has 1 saturated carbocycles. The number of hydrogen-bond donors (Lipinski definition) is 2. The fourth-order valence-corrected chi connectivity index (χ4v) is 5.23. The van der Waals surface area contributed by atoms with Crippen LogP contribution in [-0.2, 0) is 14.6 Å². The molecule has 2 atom stereocenters. The molecule has 1 heterocycles. The molecule has 26 heavy (non-hydrogen) atoms. The minimum absolute atomic E-state index is 0.00208. The van der Waals surface area contributed by atoms with Gasteiger partial charge in [0.2, 0.25) is 0 Å². The molecule has 1 amide bonds.